The number of esters is 1. The summed E-state index contributed by atoms with van der Waals surface area (Å²) >= 11 is 0. The molecule has 1 fully saturated rings. The highest BCUT2D eigenvalue weighted by atomic mass is 16.7. The lowest BCUT2D eigenvalue weighted by atomic mass is 9.99. The summed E-state index contributed by atoms with van der Waals surface area (Å²) in [7, 11) is 1.29. The zero-order valence-corrected chi connectivity index (χ0v) is 15.9. The number of aliphatic hydroxyl groups is 3. The van der Waals surface area contributed by atoms with Crippen molar-refractivity contribution in [2.75, 3.05) is 13.7 Å². The minimum Gasteiger partial charge on any atom is -0.489 e. The molecule has 0 saturated carbocycles. The molecule has 3 N–H and O–H groups in total. The van der Waals surface area contributed by atoms with Crippen LogP contribution in [0.1, 0.15) is 15.9 Å². The van der Waals surface area contributed by atoms with Gasteiger partial charge in [0.15, 0.2) is 6.29 Å². The number of hydrogen-bond acceptors (Lipinski definition) is 8. The molecule has 8 nitrogen and oxygen atoms in total. The minimum absolute atomic E-state index is 0.297. The normalized spacial score (nSPS) is 26.7. The lowest BCUT2D eigenvalue weighted by Gasteiger charge is -2.39. The van der Waals surface area contributed by atoms with E-state index in [1.165, 1.54) is 7.11 Å². The van der Waals surface area contributed by atoms with E-state index in [0.717, 1.165) is 5.56 Å². The fourth-order valence-electron chi connectivity index (χ4n) is 2.92. The summed E-state index contributed by atoms with van der Waals surface area (Å²) < 4.78 is 21.1. The fraction of sp³-hybridized carbons (Fsp3) is 0.381. The van der Waals surface area contributed by atoms with Crippen molar-refractivity contribution in [3.05, 3.63) is 65.7 Å². The van der Waals surface area contributed by atoms with Crippen LogP contribution in [-0.4, -0.2) is 65.7 Å². The summed E-state index contributed by atoms with van der Waals surface area (Å²) in [5, 5.41) is 29.6. The van der Waals surface area contributed by atoms with Crippen LogP contribution in [0, 0.1) is 0 Å². The van der Waals surface area contributed by atoms with Gasteiger partial charge in [0.05, 0.1) is 5.56 Å². The van der Waals surface area contributed by atoms with E-state index in [9.17, 15) is 20.1 Å². The van der Waals surface area contributed by atoms with Crippen molar-refractivity contribution in [2.45, 2.75) is 37.3 Å². The molecule has 1 aliphatic heterocycles. The van der Waals surface area contributed by atoms with Crippen molar-refractivity contribution in [3.63, 3.8) is 0 Å². The molecule has 0 unspecified atom stereocenters. The highest BCUT2D eigenvalue weighted by Crippen LogP contribution is 2.22. The Morgan fingerprint density at radius 1 is 0.966 bits per heavy atom. The Bertz CT molecular complexity index is 777. The van der Waals surface area contributed by atoms with Crippen molar-refractivity contribution in [2.24, 2.45) is 0 Å². The number of carbonyl (C=O) groups excluding carboxylic acids is 1. The number of benzene rings is 2. The summed E-state index contributed by atoms with van der Waals surface area (Å²) in [6, 6.07) is 16.2. The summed E-state index contributed by atoms with van der Waals surface area (Å²) in [6.07, 6.45) is -6.45. The maximum absolute atomic E-state index is 12.2. The first-order valence-electron chi connectivity index (χ1n) is 9.16. The van der Waals surface area contributed by atoms with Crippen molar-refractivity contribution in [1.82, 2.24) is 0 Å². The molecule has 1 aliphatic rings. The predicted molar refractivity (Wildman–Crippen MR) is 101 cm³/mol. The summed E-state index contributed by atoms with van der Waals surface area (Å²) in [5.41, 5.74) is 1.33. The van der Waals surface area contributed by atoms with Gasteiger partial charge in [0.25, 0.3) is 0 Å². The molecule has 0 amide bonds. The van der Waals surface area contributed by atoms with Crippen LogP contribution < -0.4 is 4.74 Å². The third-order valence-electron chi connectivity index (χ3n) is 4.62. The molecular formula is C21H24O8. The Morgan fingerprint density at radius 2 is 1.66 bits per heavy atom. The first-order chi connectivity index (χ1) is 14.0. The molecule has 5 atom stereocenters. The average Bonchev–Trinajstić information content (AvgIpc) is 2.76. The number of carbonyl (C=O) groups is 1. The molecule has 0 aliphatic carbocycles. The van der Waals surface area contributed by atoms with E-state index >= 15 is 0 Å². The number of aliphatic hydroxyl groups excluding tert-OH is 3. The standard InChI is InChI=1S/C21H24O8/c1-26-21-19(24)18(23)17(22)16(29-21)12-28-20(25)14-7-9-15(10-8-14)27-11-13-5-3-2-4-6-13/h2-10,16-19,21-24H,11-12H2,1H3/t16-,17-,18+,19-,21-/m1/s1. The van der Waals surface area contributed by atoms with Crippen LogP contribution in [0.15, 0.2) is 54.6 Å². The van der Waals surface area contributed by atoms with E-state index in [4.69, 9.17) is 18.9 Å². The zero-order chi connectivity index (χ0) is 20.8. The molecule has 0 aromatic heterocycles. The number of methoxy groups -OCH3 is 1. The van der Waals surface area contributed by atoms with E-state index in [1.807, 2.05) is 30.3 Å². The summed E-state index contributed by atoms with van der Waals surface area (Å²) in [5.74, 6) is -0.0125. The van der Waals surface area contributed by atoms with Gasteiger partial charge in [-0.15, -0.1) is 0 Å². The highest BCUT2D eigenvalue weighted by Gasteiger charge is 2.44. The monoisotopic (exact) mass is 404 g/mol. The molecule has 2 aromatic rings. The van der Waals surface area contributed by atoms with Gasteiger partial charge in [-0.25, -0.2) is 4.79 Å². The maximum Gasteiger partial charge on any atom is 0.338 e. The van der Waals surface area contributed by atoms with Crippen LogP contribution in [0.3, 0.4) is 0 Å². The topological polar surface area (TPSA) is 115 Å². The Labute approximate surface area is 168 Å². The number of hydrogen-bond donors (Lipinski definition) is 3. The van der Waals surface area contributed by atoms with Gasteiger partial charge < -0.3 is 34.3 Å². The Morgan fingerprint density at radius 3 is 2.31 bits per heavy atom. The van der Waals surface area contributed by atoms with Gasteiger partial charge in [-0.1, -0.05) is 30.3 Å². The average molecular weight is 404 g/mol. The number of rotatable bonds is 7. The van der Waals surface area contributed by atoms with Crippen LogP contribution in [0.25, 0.3) is 0 Å². The number of ether oxygens (including phenoxy) is 4. The van der Waals surface area contributed by atoms with Crippen molar-refractivity contribution >= 4 is 5.97 Å². The van der Waals surface area contributed by atoms with E-state index < -0.39 is 36.7 Å². The van der Waals surface area contributed by atoms with Gasteiger partial charge in [0.1, 0.15) is 43.4 Å². The van der Waals surface area contributed by atoms with Crippen LogP contribution in [0.4, 0.5) is 0 Å². The van der Waals surface area contributed by atoms with Gasteiger partial charge in [-0.2, -0.15) is 0 Å². The first kappa shape index (κ1) is 21.2. The van der Waals surface area contributed by atoms with E-state index in [1.54, 1.807) is 24.3 Å². The Kier molecular flexibility index (Phi) is 7.18. The molecule has 156 valence electrons. The van der Waals surface area contributed by atoms with Crippen molar-refractivity contribution in [3.8, 4) is 5.75 Å². The molecule has 3 rings (SSSR count). The Hall–Kier alpha value is -2.49. The van der Waals surface area contributed by atoms with E-state index in [0.29, 0.717) is 17.9 Å². The largest absolute Gasteiger partial charge is 0.489 e. The summed E-state index contributed by atoms with van der Waals surface area (Å²) in [4.78, 5) is 12.2. The lowest BCUT2D eigenvalue weighted by molar-refractivity contribution is -0.294. The van der Waals surface area contributed by atoms with Gasteiger partial charge in [0, 0.05) is 7.11 Å². The van der Waals surface area contributed by atoms with Gasteiger partial charge >= 0.3 is 5.97 Å². The minimum atomic E-state index is -1.47. The molecular weight excluding hydrogens is 380 g/mol. The van der Waals surface area contributed by atoms with Crippen LogP contribution in [0.2, 0.25) is 0 Å². The van der Waals surface area contributed by atoms with Gasteiger partial charge in [-0.3, -0.25) is 0 Å². The van der Waals surface area contributed by atoms with Crippen LogP contribution >= 0.6 is 0 Å². The van der Waals surface area contributed by atoms with Crippen LogP contribution in [0.5, 0.6) is 5.75 Å². The molecule has 1 saturated heterocycles. The molecule has 0 radical (unpaired) electrons. The quantitative estimate of drug-likeness (QED) is 0.583. The van der Waals surface area contributed by atoms with Gasteiger partial charge in [0.2, 0.25) is 0 Å². The fourth-order valence-corrected chi connectivity index (χ4v) is 2.92. The second-order valence-corrected chi connectivity index (χ2v) is 6.65. The third kappa shape index (κ3) is 5.31. The van der Waals surface area contributed by atoms with Gasteiger partial charge in [-0.05, 0) is 29.8 Å². The molecule has 8 heteroatoms. The molecule has 0 bridgehead atoms. The van der Waals surface area contributed by atoms with Crippen LogP contribution in [-0.2, 0) is 20.8 Å². The lowest BCUT2D eigenvalue weighted by Crippen LogP contribution is -2.59. The highest BCUT2D eigenvalue weighted by molar-refractivity contribution is 5.89. The second kappa shape index (κ2) is 9.82. The summed E-state index contributed by atoms with van der Waals surface area (Å²) in [6.45, 7) is 0.103. The smallest absolute Gasteiger partial charge is 0.338 e. The molecule has 1 heterocycles. The third-order valence-corrected chi connectivity index (χ3v) is 4.62. The Balaban J connectivity index is 1.51. The first-order valence-corrected chi connectivity index (χ1v) is 9.16. The van der Waals surface area contributed by atoms with Crippen molar-refractivity contribution in [1.29, 1.82) is 0 Å². The van der Waals surface area contributed by atoms with E-state index in [2.05, 4.69) is 0 Å². The van der Waals surface area contributed by atoms with Crippen molar-refractivity contribution < 1.29 is 39.1 Å². The predicted octanol–water partition coefficient (Wildman–Crippen LogP) is 0.876. The second-order valence-electron chi connectivity index (χ2n) is 6.65. The SMILES string of the molecule is CO[C@@H]1O[C@H](COC(=O)c2ccc(OCc3ccccc3)cc2)[C@@H](O)[C@H](O)[C@H]1O. The molecule has 0 spiro atoms. The molecule has 29 heavy (non-hydrogen) atoms. The van der Waals surface area contributed by atoms with E-state index in [-0.39, 0.29) is 6.61 Å². The zero-order valence-electron chi connectivity index (χ0n) is 15.9. The molecule has 2 aromatic carbocycles. The maximum atomic E-state index is 12.2.